The number of anilines is 1. The summed E-state index contributed by atoms with van der Waals surface area (Å²) in [6.45, 7) is 4.77. The lowest BCUT2D eigenvalue weighted by molar-refractivity contribution is -0.140. The quantitative estimate of drug-likeness (QED) is 0.534. The van der Waals surface area contributed by atoms with E-state index in [1.54, 1.807) is 19.1 Å². The van der Waals surface area contributed by atoms with E-state index in [4.69, 9.17) is 0 Å². The lowest BCUT2D eigenvalue weighted by atomic mass is 10.1. The number of sulfonamides is 1. The second-order valence-electron chi connectivity index (χ2n) is 7.92. The summed E-state index contributed by atoms with van der Waals surface area (Å²) in [5.74, 6) is -1.07. The SMILES string of the molecule is CCC(C(=O)NC)N(Cc1ccc(C)cc1)C(=O)CN(c1cccc(C(C)=O)c1)S(C)(=O)=O. The minimum Gasteiger partial charge on any atom is -0.357 e. The first-order chi connectivity index (χ1) is 15.5. The molecule has 2 amide bonds. The minimum absolute atomic E-state index is 0.149. The molecule has 0 saturated carbocycles. The Hall–Kier alpha value is -3.20. The third kappa shape index (κ3) is 6.89. The first-order valence-corrected chi connectivity index (χ1v) is 12.5. The maximum Gasteiger partial charge on any atom is 0.244 e. The van der Waals surface area contributed by atoms with Crippen LogP contribution in [0, 0.1) is 6.92 Å². The van der Waals surface area contributed by atoms with E-state index < -0.39 is 28.5 Å². The second kappa shape index (κ2) is 11.1. The summed E-state index contributed by atoms with van der Waals surface area (Å²) in [5.41, 5.74) is 2.42. The number of likely N-dealkylation sites (N-methyl/N-ethyl adjacent to an activating group) is 1. The van der Waals surface area contributed by atoms with Gasteiger partial charge in [0.25, 0.3) is 0 Å². The highest BCUT2D eigenvalue weighted by Crippen LogP contribution is 2.21. The van der Waals surface area contributed by atoms with E-state index in [9.17, 15) is 22.8 Å². The van der Waals surface area contributed by atoms with Crippen molar-refractivity contribution in [2.45, 2.75) is 39.8 Å². The molecule has 0 fully saturated rings. The van der Waals surface area contributed by atoms with E-state index in [2.05, 4.69) is 5.32 Å². The van der Waals surface area contributed by atoms with Gasteiger partial charge in [-0.25, -0.2) is 8.42 Å². The fraction of sp³-hybridized carbons (Fsp3) is 0.375. The van der Waals surface area contributed by atoms with E-state index in [1.165, 1.54) is 31.0 Å². The van der Waals surface area contributed by atoms with Crippen LogP contribution in [0.25, 0.3) is 0 Å². The summed E-state index contributed by atoms with van der Waals surface area (Å²) in [6.07, 6.45) is 1.36. The van der Waals surface area contributed by atoms with Crippen molar-refractivity contribution < 1.29 is 22.8 Å². The molecule has 0 radical (unpaired) electrons. The summed E-state index contributed by atoms with van der Waals surface area (Å²) >= 11 is 0. The minimum atomic E-state index is -3.85. The topological polar surface area (TPSA) is 104 Å². The molecular weight excluding hydrogens is 442 g/mol. The second-order valence-corrected chi connectivity index (χ2v) is 9.83. The standard InChI is InChI=1S/C24H31N3O5S/c1-6-22(24(30)25-4)26(15-19-12-10-17(2)11-13-19)23(29)16-27(33(5,31)32)21-9-7-8-20(14-21)18(3)28/h7-14,22H,6,15-16H2,1-5H3,(H,25,30). The Morgan fingerprint density at radius 2 is 1.70 bits per heavy atom. The van der Waals surface area contributed by atoms with Gasteiger partial charge in [-0.3, -0.25) is 18.7 Å². The molecule has 0 spiro atoms. The molecule has 178 valence electrons. The Kier molecular flexibility index (Phi) is 8.76. The number of amides is 2. The Labute approximate surface area is 195 Å². The molecule has 33 heavy (non-hydrogen) atoms. The Balaban J connectivity index is 2.45. The van der Waals surface area contributed by atoms with Gasteiger partial charge >= 0.3 is 0 Å². The first kappa shape index (κ1) is 26.1. The zero-order chi connectivity index (χ0) is 24.8. The van der Waals surface area contributed by atoms with E-state index in [1.807, 2.05) is 31.2 Å². The van der Waals surface area contributed by atoms with Crippen LogP contribution >= 0.6 is 0 Å². The highest BCUT2D eigenvalue weighted by atomic mass is 32.2. The van der Waals surface area contributed by atoms with Crippen LogP contribution in [0.4, 0.5) is 5.69 Å². The van der Waals surface area contributed by atoms with Crippen molar-refractivity contribution in [3.8, 4) is 0 Å². The molecule has 2 rings (SSSR count). The average Bonchev–Trinajstić information content (AvgIpc) is 2.77. The van der Waals surface area contributed by atoms with Crippen molar-refractivity contribution in [2.75, 3.05) is 24.2 Å². The molecule has 0 aliphatic heterocycles. The number of hydrogen-bond acceptors (Lipinski definition) is 5. The molecule has 2 aromatic carbocycles. The van der Waals surface area contributed by atoms with E-state index in [0.717, 1.165) is 21.7 Å². The van der Waals surface area contributed by atoms with E-state index in [0.29, 0.717) is 12.0 Å². The summed E-state index contributed by atoms with van der Waals surface area (Å²) in [5, 5.41) is 2.58. The third-order valence-electron chi connectivity index (χ3n) is 5.33. The zero-order valence-corrected chi connectivity index (χ0v) is 20.5. The maximum absolute atomic E-state index is 13.5. The Morgan fingerprint density at radius 1 is 1.06 bits per heavy atom. The monoisotopic (exact) mass is 473 g/mol. The van der Waals surface area contributed by atoms with Crippen molar-refractivity contribution in [1.82, 2.24) is 10.2 Å². The van der Waals surface area contributed by atoms with Crippen molar-refractivity contribution in [1.29, 1.82) is 0 Å². The fourth-order valence-electron chi connectivity index (χ4n) is 3.47. The van der Waals surface area contributed by atoms with Crippen molar-refractivity contribution in [3.05, 3.63) is 65.2 Å². The zero-order valence-electron chi connectivity index (χ0n) is 19.7. The van der Waals surface area contributed by atoms with Gasteiger partial charge in [0.15, 0.2) is 5.78 Å². The summed E-state index contributed by atoms with van der Waals surface area (Å²) in [6, 6.07) is 12.9. The molecule has 8 nitrogen and oxygen atoms in total. The van der Waals surface area contributed by atoms with Crippen molar-refractivity contribution in [2.24, 2.45) is 0 Å². The molecule has 0 saturated heterocycles. The van der Waals surface area contributed by atoms with Crippen molar-refractivity contribution >= 4 is 33.3 Å². The molecular formula is C24H31N3O5S. The molecule has 1 atom stereocenters. The highest BCUT2D eigenvalue weighted by molar-refractivity contribution is 7.92. The van der Waals surface area contributed by atoms with Crippen LogP contribution in [0.5, 0.6) is 0 Å². The van der Waals surface area contributed by atoms with Crippen LogP contribution < -0.4 is 9.62 Å². The van der Waals surface area contributed by atoms with Gasteiger partial charge in [0.1, 0.15) is 12.6 Å². The van der Waals surface area contributed by atoms with Crippen LogP contribution in [0.1, 0.15) is 41.8 Å². The van der Waals surface area contributed by atoms with Gasteiger partial charge in [-0.1, -0.05) is 48.9 Å². The van der Waals surface area contributed by atoms with Gasteiger partial charge in [0.2, 0.25) is 21.8 Å². The lowest BCUT2D eigenvalue weighted by Gasteiger charge is -2.32. The number of benzene rings is 2. The normalized spacial score (nSPS) is 12.0. The summed E-state index contributed by atoms with van der Waals surface area (Å²) in [7, 11) is -2.36. The number of Topliss-reactive ketones (excluding diaryl/α,β-unsaturated/α-hetero) is 1. The van der Waals surface area contributed by atoms with Gasteiger partial charge in [-0.2, -0.15) is 0 Å². The van der Waals surface area contributed by atoms with Crippen LogP contribution in [0.3, 0.4) is 0 Å². The number of aryl methyl sites for hydroxylation is 1. The summed E-state index contributed by atoms with van der Waals surface area (Å²) in [4.78, 5) is 39.2. The molecule has 0 aliphatic rings. The predicted molar refractivity (Wildman–Crippen MR) is 129 cm³/mol. The smallest absolute Gasteiger partial charge is 0.244 e. The highest BCUT2D eigenvalue weighted by Gasteiger charge is 2.31. The van der Waals surface area contributed by atoms with Crippen LogP contribution in [-0.4, -0.2) is 56.8 Å². The number of nitrogens with zero attached hydrogens (tertiary/aromatic N) is 2. The van der Waals surface area contributed by atoms with Gasteiger partial charge < -0.3 is 10.2 Å². The molecule has 0 aromatic heterocycles. The molecule has 0 aliphatic carbocycles. The number of carbonyl (C=O) groups excluding carboxylic acids is 3. The maximum atomic E-state index is 13.5. The predicted octanol–water partition coefficient (Wildman–Crippen LogP) is 2.52. The van der Waals surface area contributed by atoms with Crippen molar-refractivity contribution in [3.63, 3.8) is 0 Å². The van der Waals surface area contributed by atoms with Gasteiger partial charge in [0.05, 0.1) is 11.9 Å². The van der Waals surface area contributed by atoms with E-state index in [-0.39, 0.29) is 23.9 Å². The van der Waals surface area contributed by atoms with Gasteiger partial charge in [-0.05, 0) is 38.0 Å². The number of rotatable bonds is 10. The molecule has 1 unspecified atom stereocenters. The Bertz CT molecular complexity index is 1110. The molecule has 9 heteroatoms. The molecule has 0 heterocycles. The van der Waals surface area contributed by atoms with Crippen LogP contribution in [0.2, 0.25) is 0 Å². The number of ketones is 1. The number of nitrogens with one attached hydrogen (secondary N) is 1. The van der Waals surface area contributed by atoms with Gasteiger partial charge in [-0.15, -0.1) is 0 Å². The molecule has 2 aromatic rings. The number of carbonyl (C=O) groups is 3. The van der Waals surface area contributed by atoms with Crippen LogP contribution in [0.15, 0.2) is 48.5 Å². The Morgan fingerprint density at radius 3 is 2.21 bits per heavy atom. The first-order valence-electron chi connectivity index (χ1n) is 10.6. The average molecular weight is 474 g/mol. The largest absolute Gasteiger partial charge is 0.357 e. The fourth-order valence-corrected chi connectivity index (χ4v) is 4.31. The molecule has 0 bridgehead atoms. The van der Waals surface area contributed by atoms with Gasteiger partial charge in [0, 0.05) is 19.2 Å². The van der Waals surface area contributed by atoms with Crippen LogP contribution in [-0.2, 0) is 26.2 Å². The third-order valence-corrected chi connectivity index (χ3v) is 6.47. The number of hydrogen-bond donors (Lipinski definition) is 1. The lowest BCUT2D eigenvalue weighted by Crippen LogP contribution is -2.51. The summed E-state index contributed by atoms with van der Waals surface area (Å²) < 4.78 is 26.1. The van der Waals surface area contributed by atoms with E-state index >= 15 is 0 Å². The molecule has 1 N–H and O–H groups in total.